The van der Waals surface area contributed by atoms with Crippen LogP contribution in [0.1, 0.15) is 46.0 Å². The normalized spacial score (nSPS) is 20.2. The average Bonchev–Trinajstić information content (AvgIpc) is 3.13. The van der Waals surface area contributed by atoms with Crippen molar-refractivity contribution >= 4 is 40.8 Å². The third kappa shape index (κ3) is 4.26. The number of aliphatic imine (C=N–C) groups is 1. The largest absolute Gasteiger partial charge is 0.468 e. The summed E-state index contributed by atoms with van der Waals surface area (Å²) in [5, 5.41) is 0.256. The van der Waals surface area contributed by atoms with Crippen molar-refractivity contribution in [3.05, 3.63) is 81.5 Å². The molecule has 0 amide bonds. The fourth-order valence-corrected chi connectivity index (χ4v) is 5.30. The zero-order valence-corrected chi connectivity index (χ0v) is 21.9. The zero-order valence-electron chi connectivity index (χ0n) is 21.2. The van der Waals surface area contributed by atoms with E-state index in [0.717, 1.165) is 0 Å². The molecular weight excluding hydrogens is 512 g/mol. The summed E-state index contributed by atoms with van der Waals surface area (Å²) in [5.41, 5.74) is 3.81. The van der Waals surface area contributed by atoms with Gasteiger partial charge in [-0.15, -0.1) is 0 Å². The third-order valence-electron chi connectivity index (χ3n) is 6.65. The van der Waals surface area contributed by atoms with E-state index in [0.29, 0.717) is 5.56 Å². The fraction of sp³-hybridized carbons (Fsp3) is 0.321. The van der Waals surface area contributed by atoms with Gasteiger partial charge in [0.1, 0.15) is 5.92 Å². The number of esters is 2. The third-order valence-corrected chi connectivity index (χ3v) is 7.00. The van der Waals surface area contributed by atoms with Gasteiger partial charge in [0.25, 0.3) is 0 Å². The lowest BCUT2D eigenvalue weighted by Gasteiger charge is -2.37. The molecule has 198 valence electrons. The molecule has 0 fully saturated rings. The number of rotatable bonds is 8. The number of halogens is 1. The Kier molecular flexibility index (Phi) is 7.91. The monoisotopic (exact) mass is 538 g/mol. The van der Waals surface area contributed by atoms with Gasteiger partial charge in [-0.2, -0.15) is 0 Å². The maximum atomic E-state index is 14.0. The van der Waals surface area contributed by atoms with Gasteiger partial charge in [-0.1, -0.05) is 54.1 Å². The number of ketones is 2. The molecule has 4 rings (SSSR count). The number of hydrogen-bond acceptors (Lipinski definition) is 9. The van der Waals surface area contributed by atoms with Gasteiger partial charge >= 0.3 is 11.9 Å². The Balaban J connectivity index is 2.12. The van der Waals surface area contributed by atoms with E-state index in [1.54, 1.807) is 50.2 Å². The number of nitrogens with two attached hydrogens (primary N) is 1. The maximum absolute atomic E-state index is 14.0. The smallest absolute Gasteiger partial charge is 0.336 e. The van der Waals surface area contributed by atoms with E-state index >= 15 is 0 Å². The summed E-state index contributed by atoms with van der Waals surface area (Å²) in [6.07, 6.45) is 0. The minimum Gasteiger partial charge on any atom is -0.468 e. The number of nitrogens with zero attached hydrogens (tertiary/aromatic N) is 1. The van der Waals surface area contributed by atoms with Gasteiger partial charge in [0.2, 0.25) is 17.2 Å². The van der Waals surface area contributed by atoms with Crippen LogP contribution in [0.4, 0.5) is 0 Å². The first-order valence-electron chi connectivity index (χ1n) is 12.1. The topological polar surface area (TPSA) is 134 Å². The minimum atomic E-state index is -2.31. The van der Waals surface area contributed by atoms with Crippen molar-refractivity contribution < 1.29 is 33.4 Å². The summed E-state index contributed by atoms with van der Waals surface area (Å²) in [7, 11) is 1.22. The van der Waals surface area contributed by atoms with Crippen molar-refractivity contribution in [2.24, 2.45) is 16.6 Å². The Labute approximate surface area is 224 Å². The van der Waals surface area contributed by atoms with Crippen molar-refractivity contribution in [3.63, 3.8) is 0 Å². The van der Waals surface area contributed by atoms with Crippen LogP contribution in [-0.4, -0.2) is 61.7 Å². The Morgan fingerprint density at radius 3 is 2.21 bits per heavy atom. The van der Waals surface area contributed by atoms with Crippen molar-refractivity contribution in [1.29, 1.82) is 0 Å². The summed E-state index contributed by atoms with van der Waals surface area (Å²) < 4.78 is 16.4. The molecular formula is C28H27ClN2O7. The zero-order chi connectivity index (χ0) is 27.6. The van der Waals surface area contributed by atoms with Crippen molar-refractivity contribution in [2.75, 3.05) is 26.9 Å². The molecule has 0 spiro atoms. The Morgan fingerprint density at radius 2 is 1.66 bits per heavy atom. The molecule has 2 N–H and O–H groups in total. The highest BCUT2D eigenvalue weighted by molar-refractivity contribution is 6.35. The number of Topliss-reactive ketones (excluding diaryl/α,β-unsaturated/α-hetero) is 2. The summed E-state index contributed by atoms with van der Waals surface area (Å²) in [6.45, 7) is 2.95. The molecule has 0 aromatic heterocycles. The summed E-state index contributed by atoms with van der Waals surface area (Å²) in [6, 6.07) is 12.9. The molecule has 0 bridgehead atoms. The molecule has 9 nitrogen and oxygen atoms in total. The molecule has 1 aliphatic heterocycles. The number of fused-ring (bicyclic) bond motifs is 1. The van der Waals surface area contributed by atoms with Crippen LogP contribution in [0, 0.1) is 5.92 Å². The van der Waals surface area contributed by atoms with E-state index in [1.165, 1.54) is 19.2 Å². The van der Waals surface area contributed by atoms with E-state index in [2.05, 4.69) is 4.99 Å². The van der Waals surface area contributed by atoms with Gasteiger partial charge < -0.3 is 19.9 Å². The second-order valence-electron chi connectivity index (χ2n) is 8.76. The van der Waals surface area contributed by atoms with Crippen LogP contribution in [0.5, 0.6) is 0 Å². The SMILES string of the molecule is CCOC(=O)C1=C(C2(OCCN)C(=O)c3ccccc3C2=O)N=C(C)C(C(=O)OC)C1c1ccccc1Cl. The number of benzene rings is 2. The number of ether oxygens (including phenoxy) is 3. The highest BCUT2D eigenvalue weighted by Gasteiger charge is 2.61. The van der Waals surface area contributed by atoms with Crippen LogP contribution in [0.15, 0.2) is 64.8 Å². The van der Waals surface area contributed by atoms with Gasteiger partial charge in [0.05, 0.1) is 31.6 Å². The maximum Gasteiger partial charge on any atom is 0.336 e. The lowest BCUT2D eigenvalue weighted by Crippen LogP contribution is -2.50. The predicted molar refractivity (Wildman–Crippen MR) is 139 cm³/mol. The molecule has 2 atom stereocenters. The van der Waals surface area contributed by atoms with Crippen LogP contribution >= 0.6 is 11.6 Å². The molecule has 38 heavy (non-hydrogen) atoms. The van der Waals surface area contributed by atoms with Crippen LogP contribution in [0.25, 0.3) is 0 Å². The second kappa shape index (κ2) is 11.0. The molecule has 1 heterocycles. The lowest BCUT2D eigenvalue weighted by molar-refractivity contribution is -0.144. The fourth-order valence-electron chi connectivity index (χ4n) is 5.05. The van der Waals surface area contributed by atoms with Crippen LogP contribution in [0.3, 0.4) is 0 Å². The highest BCUT2D eigenvalue weighted by atomic mass is 35.5. The van der Waals surface area contributed by atoms with Crippen LogP contribution < -0.4 is 5.73 Å². The second-order valence-corrected chi connectivity index (χ2v) is 9.17. The number of hydrogen-bond donors (Lipinski definition) is 1. The number of carbonyl (C=O) groups excluding carboxylic acids is 4. The molecule has 2 aromatic carbocycles. The van der Waals surface area contributed by atoms with Crippen molar-refractivity contribution in [1.82, 2.24) is 0 Å². The lowest BCUT2D eigenvalue weighted by atomic mass is 9.72. The standard InChI is InChI=1S/C28H27ClN2O7/c1-4-37-27(35)22-21(18-11-7-8-12-19(18)29)20(26(34)36-3)15(2)31-23(22)28(38-14-13-30)24(32)16-9-5-6-10-17(16)25(28)33/h5-12,20-21H,4,13-14,30H2,1-3H3. The van der Waals surface area contributed by atoms with E-state index in [9.17, 15) is 19.2 Å². The molecule has 2 aliphatic rings. The molecule has 2 unspecified atom stereocenters. The Bertz CT molecular complexity index is 1350. The average molecular weight is 539 g/mol. The molecule has 0 saturated carbocycles. The molecule has 0 saturated heterocycles. The number of carbonyl (C=O) groups is 4. The van der Waals surface area contributed by atoms with Crippen LogP contribution in [-0.2, 0) is 23.8 Å². The van der Waals surface area contributed by atoms with Gasteiger partial charge in [-0.3, -0.25) is 19.4 Å². The Hall–Kier alpha value is -3.66. The van der Waals surface area contributed by atoms with Crippen LogP contribution in [0.2, 0.25) is 5.02 Å². The minimum absolute atomic E-state index is 0.0118. The first kappa shape index (κ1) is 27.4. The molecule has 2 aromatic rings. The molecule has 1 aliphatic carbocycles. The van der Waals surface area contributed by atoms with Crippen molar-refractivity contribution in [2.45, 2.75) is 25.4 Å². The van der Waals surface area contributed by atoms with E-state index in [4.69, 9.17) is 31.5 Å². The van der Waals surface area contributed by atoms with E-state index in [1.807, 2.05) is 0 Å². The first-order valence-corrected chi connectivity index (χ1v) is 12.4. The molecule has 0 radical (unpaired) electrons. The highest BCUT2D eigenvalue weighted by Crippen LogP contribution is 2.48. The quantitative estimate of drug-likeness (QED) is 0.399. The van der Waals surface area contributed by atoms with E-state index in [-0.39, 0.29) is 52.9 Å². The Morgan fingerprint density at radius 1 is 1.05 bits per heavy atom. The van der Waals surface area contributed by atoms with Gasteiger partial charge in [0, 0.05) is 34.3 Å². The van der Waals surface area contributed by atoms with E-state index < -0.39 is 40.9 Å². The first-order chi connectivity index (χ1) is 18.2. The summed E-state index contributed by atoms with van der Waals surface area (Å²) in [4.78, 5) is 59.3. The number of methoxy groups -OCH3 is 1. The van der Waals surface area contributed by atoms with Crippen molar-refractivity contribution in [3.8, 4) is 0 Å². The summed E-state index contributed by atoms with van der Waals surface area (Å²) >= 11 is 6.57. The molecule has 10 heteroatoms. The van der Waals surface area contributed by atoms with Gasteiger partial charge in [-0.25, -0.2) is 4.79 Å². The van der Waals surface area contributed by atoms with Gasteiger partial charge in [0.15, 0.2) is 0 Å². The van der Waals surface area contributed by atoms with Gasteiger partial charge in [-0.05, 0) is 25.5 Å². The predicted octanol–water partition coefficient (Wildman–Crippen LogP) is 3.30. The summed E-state index contributed by atoms with van der Waals surface area (Å²) in [5.74, 6) is -5.11.